The standard InChI is InChI=1S/C3H5F/c1-2-3-4/h2-3H,1H3/b3-2-/i1D,3D. The van der Waals surface area contributed by atoms with Gasteiger partial charge in [0.05, 0.1) is 7.68 Å². The van der Waals surface area contributed by atoms with E-state index in [0.717, 1.165) is 6.08 Å². The van der Waals surface area contributed by atoms with Crippen LogP contribution in [0.15, 0.2) is 12.4 Å². The summed E-state index contributed by atoms with van der Waals surface area (Å²) in [6, 6.07) is 0. The van der Waals surface area contributed by atoms with E-state index >= 15 is 0 Å². The van der Waals surface area contributed by atoms with Crippen molar-refractivity contribution in [3.05, 3.63) is 12.4 Å². The molecule has 0 unspecified atom stereocenters. The van der Waals surface area contributed by atoms with Crippen LogP contribution in [-0.4, -0.2) is 0 Å². The molecular weight excluding hydrogens is 55.0 g/mol. The van der Waals surface area contributed by atoms with Gasteiger partial charge in [0.25, 0.3) is 0 Å². The van der Waals surface area contributed by atoms with E-state index in [9.17, 15) is 4.39 Å². The molecule has 24 valence electrons. The second-order valence-electron chi connectivity index (χ2n) is 0.313. The van der Waals surface area contributed by atoms with Gasteiger partial charge in [-0.25, -0.2) is 4.39 Å². The molecule has 0 aliphatic carbocycles. The lowest BCUT2D eigenvalue weighted by Gasteiger charge is -1.45. The predicted molar refractivity (Wildman–Crippen MR) is 15.9 cm³/mol. The quantitative estimate of drug-likeness (QED) is 0.399. The van der Waals surface area contributed by atoms with E-state index in [1.807, 2.05) is 0 Å². The first-order valence-corrected chi connectivity index (χ1v) is 0.886. The molecule has 0 aromatic carbocycles. The second kappa shape index (κ2) is 2.67. The molecule has 0 heterocycles. The van der Waals surface area contributed by atoms with Crippen molar-refractivity contribution < 1.29 is 7.13 Å². The van der Waals surface area contributed by atoms with Gasteiger partial charge in [-0.15, -0.1) is 0 Å². The Kier molecular flexibility index (Phi) is 0.801. The lowest BCUT2D eigenvalue weighted by Crippen LogP contribution is -1.22. The molecule has 0 aliphatic heterocycles. The van der Waals surface area contributed by atoms with Crippen LogP contribution in [0.1, 0.15) is 9.64 Å². The van der Waals surface area contributed by atoms with E-state index in [2.05, 4.69) is 0 Å². The Hall–Kier alpha value is -0.330. The maximum absolute atomic E-state index is 11.1. The smallest absolute Gasteiger partial charge is 0.0952 e. The Labute approximate surface area is 27.8 Å². The lowest BCUT2D eigenvalue weighted by molar-refractivity contribution is 0.719. The van der Waals surface area contributed by atoms with Crippen LogP contribution in [0.3, 0.4) is 0 Å². The topological polar surface area (TPSA) is 0 Å². The third-order valence-corrected chi connectivity index (χ3v) is 0.0772. The van der Waals surface area contributed by atoms with E-state index < -0.39 is 6.31 Å². The molecule has 0 saturated carbocycles. The van der Waals surface area contributed by atoms with Crippen molar-refractivity contribution in [2.24, 2.45) is 0 Å². The van der Waals surface area contributed by atoms with Gasteiger partial charge in [-0.05, 0) is 6.90 Å². The minimum absolute atomic E-state index is 0.144. The maximum Gasteiger partial charge on any atom is 0.0952 e. The van der Waals surface area contributed by atoms with Gasteiger partial charge < -0.3 is 0 Å². The number of hydrogen-bond donors (Lipinski definition) is 0. The summed E-state index contributed by atoms with van der Waals surface area (Å²) in [7, 11) is 0. The van der Waals surface area contributed by atoms with Crippen molar-refractivity contribution in [1.29, 1.82) is 0 Å². The predicted octanol–water partition coefficient (Wildman–Crippen LogP) is 1.49. The molecule has 0 N–H and O–H groups in total. The average molecular weight is 62.1 g/mol. The zero-order valence-corrected chi connectivity index (χ0v) is 2.16. The summed E-state index contributed by atoms with van der Waals surface area (Å²) >= 11 is 0. The number of hydrogen-bond acceptors (Lipinski definition) is 0. The fourth-order valence-corrected chi connectivity index (χ4v) is 0. The minimum atomic E-state index is -1.02. The average Bonchev–Trinajstić information content (AvgIpc) is 1.35. The molecule has 4 heavy (non-hydrogen) atoms. The normalized spacial score (nSPS) is 18.8. The zero-order valence-electron chi connectivity index (χ0n) is 4.16. The highest BCUT2D eigenvalue weighted by Gasteiger charge is 1.38. The van der Waals surface area contributed by atoms with Crippen molar-refractivity contribution in [2.75, 3.05) is 0 Å². The van der Waals surface area contributed by atoms with Gasteiger partial charge in [0.15, 0.2) is 0 Å². The molecule has 0 nitrogen and oxygen atoms in total. The van der Waals surface area contributed by atoms with E-state index in [4.69, 9.17) is 2.74 Å². The van der Waals surface area contributed by atoms with Crippen LogP contribution in [0.25, 0.3) is 0 Å². The van der Waals surface area contributed by atoms with Gasteiger partial charge in [-0.1, -0.05) is 6.08 Å². The molecule has 0 fully saturated rings. The van der Waals surface area contributed by atoms with Gasteiger partial charge >= 0.3 is 0 Å². The summed E-state index contributed by atoms with van der Waals surface area (Å²) in [6.45, 7) is -0.144. The molecule has 0 aliphatic rings. The van der Waals surface area contributed by atoms with Gasteiger partial charge in [-0.2, -0.15) is 0 Å². The minimum Gasteiger partial charge on any atom is -0.216 e. The monoisotopic (exact) mass is 62.1 g/mol. The van der Waals surface area contributed by atoms with Crippen molar-refractivity contribution in [1.82, 2.24) is 0 Å². The summed E-state index contributed by atoms with van der Waals surface area (Å²) < 4.78 is 23.5. The highest BCUT2D eigenvalue weighted by atomic mass is 19.1. The summed E-state index contributed by atoms with van der Waals surface area (Å²) in [6.07, 6.45) is -0.148. The first-order chi connectivity index (χ1) is 2.77. The molecule has 0 spiro atoms. The lowest BCUT2D eigenvalue weighted by atomic mass is 10.8. The Morgan fingerprint density at radius 2 is 3.25 bits per heavy atom. The SMILES string of the molecule is [2H]C/C=C(/[2H])F. The Morgan fingerprint density at radius 1 is 2.50 bits per heavy atom. The van der Waals surface area contributed by atoms with Gasteiger partial charge in [-0.3, -0.25) is 0 Å². The van der Waals surface area contributed by atoms with Crippen molar-refractivity contribution in [3.63, 3.8) is 0 Å². The fourth-order valence-electron chi connectivity index (χ4n) is 0. The molecule has 0 saturated heterocycles. The summed E-state index contributed by atoms with van der Waals surface area (Å²) in [5.41, 5.74) is 0. The number of rotatable bonds is 0. The van der Waals surface area contributed by atoms with Gasteiger partial charge in [0, 0.05) is 1.37 Å². The molecule has 0 aromatic heterocycles. The number of allylic oxidation sites excluding steroid dienone is 1. The van der Waals surface area contributed by atoms with Crippen LogP contribution in [0, 0.1) is 0 Å². The van der Waals surface area contributed by atoms with E-state index in [0.29, 0.717) is 0 Å². The van der Waals surface area contributed by atoms with Crippen molar-refractivity contribution in [3.8, 4) is 0 Å². The fraction of sp³-hybridized carbons (Fsp3) is 0.333. The third-order valence-electron chi connectivity index (χ3n) is 0.0772. The van der Waals surface area contributed by atoms with Crippen LogP contribution in [0.4, 0.5) is 4.39 Å². The Bertz CT molecular complexity index is 55.8. The summed E-state index contributed by atoms with van der Waals surface area (Å²) in [5, 5.41) is 0. The molecule has 0 atom stereocenters. The largest absolute Gasteiger partial charge is 0.216 e. The Balaban J connectivity index is 3.14. The van der Waals surface area contributed by atoms with Gasteiger partial charge in [0.1, 0.15) is 0 Å². The van der Waals surface area contributed by atoms with Gasteiger partial charge in [0.2, 0.25) is 0 Å². The number of halogens is 1. The highest BCUT2D eigenvalue weighted by Crippen LogP contribution is 1.62. The molecule has 0 radical (unpaired) electrons. The van der Waals surface area contributed by atoms with Crippen LogP contribution >= 0.6 is 0 Å². The van der Waals surface area contributed by atoms with Crippen LogP contribution < -0.4 is 0 Å². The first kappa shape index (κ1) is 1.20. The molecule has 0 aromatic rings. The van der Waals surface area contributed by atoms with Crippen LogP contribution in [0.5, 0.6) is 0 Å². The van der Waals surface area contributed by atoms with E-state index in [-0.39, 0.29) is 6.90 Å². The van der Waals surface area contributed by atoms with Crippen molar-refractivity contribution >= 4 is 0 Å². The van der Waals surface area contributed by atoms with Crippen LogP contribution in [0.2, 0.25) is 0 Å². The summed E-state index contributed by atoms with van der Waals surface area (Å²) in [4.78, 5) is 0. The molecule has 1 heteroatoms. The highest BCUT2D eigenvalue weighted by molar-refractivity contribution is 4.61. The first-order valence-electron chi connectivity index (χ1n) is 2.09. The Morgan fingerprint density at radius 3 is 3.25 bits per heavy atom. The van der Waals surface area contributed by atoms with Crippen LogP contribution in [-0.2, 0) is 0 Å². The molecular formula is C3H5F. The molecule has 0 rings (SSSR count). The van der Waals surface area contributed by atoms with Crippen molar-refractivity contribution in [2.45, 2.75) is 6.90 Å². The molecule has 0 amide bonds. The third kappa shape index (κ3) is 1.67. The zero-order chi connectivity index (χ0) is 4.99. The second-order valence-corrected chi connectivity index (χ2v) is 0.313. The maximum atomic E-state index is 11.1. The molecule has 0 bridgehead atoms. The summed E-state index contributed by atoms with van der Waals surface area (Å²) in [5.74, 6) is 0. The van der Waals surface area contributed by atoms with E-state index in [1.165, 1.54) is 0 Å². The van der Waals surface area contributed by atoms with E-state index in [1.54, 1.807) is 0 Å².